The van der Waals surface area contributed by atoms with Crippen molar-refractivity contribution in [1.29, 1.82) is 0 Å². The minimum atomic E-state index is -0.211. The molecule has 0 radical (unpaired) electrons. The number of nitrogens with two attached hydrogens (primary N) is 1. The number of piperidine rings is 1. The molecule has 1 fully saturated rings. The van der Waals surface area contributed by atoms with Crippen molar-refractivity contribution in [2.24, 2.45) is 11.7 Å². The highest BCUT2D eigenvalue weighted by molar-refractivity contribution is 7.17. The van der Waals surface area contributed by atoms with E-state index < -0.39 is 0 Å². The zero-order chi connectivity index (χ0) is 18.3. The van der Waals surface area contributed by atoms with Crippen LogP contribution in [0.5, 0.6) is 5.88 Å². The van der Waals surface area contributed by atoms with Gasteiger partial charge in [0.05, 0.1) is 13.1 Å². The number of thiazole rings is 1. The Morgan fingerprint density at radius 3 is 2.65 bits per heavy atom. The van der Waals surface area contributed by atoms with Crippen LogP contribution >= 0.6 is 11.3 Å². The Morgan fingerprint density at radius 1 is 1.35 bits per heavy atom. The summed E-state index contributed by atoms with van der Waals surface area (Å²) in [5.74, 6) is 0.541. The number of carbonyl (C=O) groups is 1. The van der Waals surface area contributed by atoms with E-state index in [1.54, 1.807) is 0 Å². The van der Waals surface area contributed by atoms with Gasteiger partial charge in [-0.25, -0.2) is 4.98 Å². The maximum Gasteiger partial charge on any atom is 0.235 e. The molecule has 1 aromatic carbocycles. The van der Waals surface area contributed by atoms with Crippen molar-refractivity contribution in [2.75, 3.05) is 13.1 Å². The van der Waals surface area contributed by atoms with Gasteiger partial charge in [0.25, 0.3) is 0 Å². The number of aromatic nitrogens is 3. The molecule has 4 N–H and O–H groups in total. The van der Waals surface area contributed by atoms with Crippen LogP contribution in [0.2, 0.25) is 0 Å². The van der Waals surface area contributed by atoms with E-state index in [1.807, 2.05) is 25.1 Å². The van der Waals surface area contributed by atoms with E-state index in [-0.39, 0.29) is 23.7 Å². The fourth-order valence-corrected chi connectivity index (χ4v) is 5.00. The van der Waals surface area contributed by atoms with Crippen LogP contribution in [-0.2, 0) is 4.79 Å². The van der Waals surface area contributed by atoms with E-state index in [0.29, 0.717) is 10.8 Å². The predicted octanol–water partition coefficient (Wildman–Crippen LogP) is 0.674. The van der Waals surface area contributed by atoms with E-state index in [0.717, 1.165) is 36.4 Å². The molecule has 1 aliphatic heterocycles. The highest BCUT2D eigenvalue weighted by Crippen LogP contribution is 2.35. The monoisotopic (exact) mass is 372 g/mol. The molecule has 0 aliphatic carbocycles. The van der Waals surface area contributed by atoms with Crippen molar-refractivity contribution in [1.82, 2.24) is 14.6 Å². The first-order valence-corrected chi connectivity index (χ1v) is 9.60. The average molecular weight is 372 g/mol. The number of hydrogen-bond donors (Lipinski definition) is 3. The van der Waals surface area contributed by atoms with Crippen molar-refractivity contribution in [2.45, 2.75) is 25.8 Å². The summed E-state index contributed by atoms with van der Waals surface area (Å²) in [6.45, 7) is 3.48. The van der Waals surface area contributed by atoms with Crippen molar-refractivity contribution < 1.29 is 14.8 Å². The third-order valence-corrected chi connectivity index (χ3v) is 6.22. The molecule has 26 heavy (non-hydrogen) atoms. The molecular formula is C18H22N5O2S+. The summed E-state index contributed by atoms with van der Waals surface area (Å²) in [6, 6.07) is 10.2. The van der Waals surface area contributed by atoms with E-state index in [1.165, 1.54) is 20.8 Å². The number of hydrogen-bond acceptors (Lipinski definition) is 5. The molecule has 7 nitrogen and oxygen atoms in total. The predicted molar refractivity (Wildman–Crippen MR) is 98.2 cm³/mol. The number of fused-ring (bicyclic) bond motifs is 1. The van der Waals surface area contributed by atoms with Gasteiger partial charge in [-0.15, -0.1) is 5.10 Å². The third-order valence-electron chi connectivity index (χ3n) is 5.14. The summed E-state index contributed by atoms with van der Waals surface area (Å²) in [4.78, 5) is 18.8. The largest absolute Gasteiger partial charge is 0.492 e. The minimum Gasteiger partial charge on any atom is -0.492 e. The minimum absolute atomic E-state index is 0.0150. The lowest BCUT2D eigenvalue weighted by Crippen LogP contribution is -3.13. The first-order chi connectivity index (χ1) is 12.5. The number of likely N-dealkylation sites (tertiary alicyclic amines) is 1. The van der Waals surface area contributed by atoms with Gasteiger partial charge in [-0.1, -0.05) is 41.7 Å². The number of aromatic hydroxyl groups is 1. The Labute approximate surface area is 155 Å². The number of amides is 1. The molecular weight excluding hydrogens is 350 g/mol. The van der Waals surface area contributed by atoms with Gasteiger partial charge in [0.2, 0.25) is 16.7 Å². The number of quaternary nitrogens is 1. The number of carbonyl (C=O) groups excluding carboxylic acids is 1. The summed E-state index contributed by atoms with van der Waals surface area (Å²) in [5.41, 5.74) is 6.62. The van der Waals surface area contributed by atoms with Gasteiger partial charge < -0.3 is 15.7 Å². The molecule has 136 valence electrons. The summed E-state index contributed by atoms with van der Waals surface area (Å²) >= 11 is 1.48. The van der Waals surface area contributed by atoms with Crippen molar-refractivity contribution >= 4 is 22.2 Å². The molecule has 1 saturated heterocycles. The number of aryl methyl sites for hydroxylation is 1. The molecule has 1 atom stereocenters. The fourth-order valence-electron chi connectivity index (χ4n) is 3.82. The second-order valence-corrected chi connectivity index (χ2v) is 7.83. The lowest BCUT2D eigenvalue weighted by Gasteiger charge is -2.33. The first-order valence-electron chi connectivity index (χ1n) is 8.78. The van der Waals surface area contributed by atoms with E-state index in [4.69, 9.17) is 5.73 Å². The summed E-state index contributed by atoms with van der Waals surface area (Å²) in [7, 11) is 0. The molecule has 0 saturated carbocycles. The SMILES string of the molecule is Cc1nc2sc([C@H](c3ccccc3)[NH+]3CCC(C(N)=O)CC3)c(O)n2n1. The van der Waals surface area contributed by atoms with Gasteiger partial charge in [0.1, 0.15) is 10.7 Å². The molecule has 8 heteroatoms. The molecule has 3 heterocycles. The van der Waals surface area contributed by atoms with E-state index in [2.05, 4.69) is 22.2 Å². The summed E-state index contributed by atoms with van der Waals surface area (Å²) < 4.78 is 1.51. The van der Waals surface area contributed by atoms with Crippen molar-refractivity contribution in [3.63, 3.8) is 0 Å². The topological polar surface area (TPSA) is 98.0 Å². The zero-order valence-electron chi connectivity index (χ0n) is 14.6. The van der Waals surface area contributed by atoms with Gasteiger partial charge >= 0.3 is 0 Å². The molecule has 0 bridgehead atoms. The quantitative estimate of drug-likeness (QED) is 0.627. The third kappa shape index (κ3) is 2.95. The smallest absolute Gasteiger partial charge is 0.235 e. The van der Waals surface area contributed by atoms with Gasteiger partial charge in [0, 0.05) is 24.3 Å². The second-order valence-electron chi connectivity index (χ2n) is 6.82. The molecule has 3 aromatic rings. The average Bonchev–Trinajstić information content (AvgIpc) is 3.14. The standard InChI is InChI=1S/C18H21N5O2S/c1-11-20-18-23(21-11)17(25)15(26-18)14(12-5-3-2-4-6-12)22-9-7-13(8-10-22)16(19)24/h2-6,13-14,25H,7-10H2,1H3,(H2,19,24)/p+1/t14-/m0/s1. The number of benzene rings is 1. The summed E-state index contributed by atoms with van der Waals surface area (Å²) in [5, 5.41) is 15.1. The number of nitrogens with one attached hydrogen (secondary N) is 1. The van der Waals surface area contributed by atoms with Crippen LogP contribution in [0.15, 0.2) is 30.3 Å². The van der Waals surface area contributed by atoms with Gasteiger partial charge in [0.15, 0.2) is 6.04 Å². The maximum atomic E-state index is 11.5. The molecule has 4 rings (SSSR count). The number of primary amides is 1. The summed E-state index contributed by atoms with van der Waals surface area (Å²) in [6.07, 6.45) is 1.54. The lowest BCUT2D eigenvalue weighted by molar-refractivity contribution is -0.930. The highest BCUT2D eigenvalue weighted by atomic mass is 32.1. The van der Waals surface area contributed by atoms with Crippen LogP contribution in [0.1, 0.15) is 35.1 Å². The van der Waals surface area contributed by atoms with Crippen LogP contribution < -0.4 is 10.6 Å². The van der Waals surface area contributed by atoms with Crippen LogP contribution in [0, 0.1) is 12.8 Å². The zero-order valence-corrected chi connectivity index (χ0v) is 15.4. The molecule has 1 amide bonds. The Balaban J connectivity index is 1.73. The highest BCUT2D eigenvalue weighted by Gasteiger charge is 2.36. The van der Waals surface area contributed by atoms with E-state index in [9.17, 15) is 9.90 Å². The maximum absolute atomic E-state index is 11.5. The molecule has 1 aliphatic rings. The number of nitrogens with zero attached hydrogens (tertiary/aromatic N) is 3. The Kier molecular flexibility index (Phi) is 4.37. The Bertz CT molecular complexity index is 928. The fraction of sp³-hybridized carbons (Fsp3) is 0.389. The second kappa shape index (κ2) is 6.69. The van der Waals surface area contributed by atoms with Crippen molar-refractivity contribution in [3.8, 4) is 5.88 Å². The Morgan fingerprint density at radius 2 is 2.04 bits per heavy atom. The van der Waals surface area contributed by atoms with Crippen LogP contribution in [-0.4, -0.2) is 38.7 Å². The normalized spacial score (nSPS) is 21.7. The van der Waals surface area contributed by atoms with Gasteiger partial charge in [-0.2, -0.15) is 4.52 Å². The van der Waals surface area contributed by atoms with Gasteiger partial charge in [-0.3, -0.25) is 4.79 Å². The Hall–Kier alpha value is -2.45. The number of rotatable bonds is 4. The molecule has 0 spiro atoms. The van der Waals surface area contributed by atoms with Crippen molar-refractivity contribution in [3.05, 3.63) is 46.6 Å². The molecule has 0 unspecified atom stereocenters. The van der Waals surface area contributed by atoms with E-state index >= 15 is 0 Å². The van der Waals surface area contributed by atoms with Crippen LogP contribution in [0.3, 0.4) is 0 Å². The molecule has 2 aromatic heterocycles. The first kappa shape index (κ1) is 17.0. The van der Waals surface area contributed by atoms with Gasteiger partial charge in [-0.05, 0) is 6.92 Å². The van der Waals surface area contributed by atoms with Crippen LogP contribution in [0.4, 0.5) is 0 Å². The lowest BCUT2D eigenvalue weighted by atomic mass is 9.93. The van der Waals surface area contributed by atoms with Crippen LogP contribution in [0.25, 0.3) is 4.96 Å².